The lowest BCUT2D eigenvalue weighted by Gasteiger charge is -2.20. The van der Waals surface area contributed by atoms with Crippen LogP contribution in [-0.2, 0) is 4.74 Å². The number of hydrogen-bond donors (Lipinski definition) is 1. The Kier molecular flexibility index (Phi) is 4.41. The lowest BCUT2D eigenvalue weighted by molar-refractivity contribution is 0.103. The quantitative estimate of drug-likeness (QED) is 0.820. The molecular formula is C13H19NO4. The van der Waals surface area contributed by atoms with Crippen LogP contribution in [-0.4, -0.2) is 50.7 Å². The molecule has 0 amide bonds. The third-order valence-corrected chi connectivity index (χ3v) is 2.94. The molecule has 1 atom stereocenters. The van der Waals surface area contributed by atoms with E-state index in [4.69, 9.17) is 14.2 Å². The number of hydrogen-bond acceptors (Lipinski definition) is 5. The fraction of sp³-hybridized carbons (Fsp3) is 0.538. The molecule has 0 fully saturated rings. The molecule has 0 saturated heterocycles. The Bertz CT molecular complexity index is 397. The van der Waals surface area contributed by atoms with Crippen molar-refractivity contribution >= 4 is 0 Å². The fourth-order valence-electron chi connectivity index (χ4n) is 1.86. The Balaban J connectivity index is 1.94. The lowest BCUT2D eigenvalue weighted by atomic mass is 10.1. The molecule has 1 N–H and O–H groups in total. The van der Waals surface area contributed by atoms with Crippen LogP contribution in [0.1, 0.15) is 11.7 Å². The maximum Gasteiger partial charge on any atom is 0.231 e. The lowest BCUT2D eigenvalue weighted by Crippen LogP contribution is -2.27. The van der Waals surface area contributed by atoms with Crippen LogP contribution < -0.4 is 9.47 Å². The summed E-state index contributed by atoms with van der Waals surface area (Å²) < 4.78 is 15.5. The summed E-state index contributed by atoms with van der Waals surface area (Å²) in [7, 11) is 3.62. The Morgan fingerprint density at radius 2 is 2.17 bits per heavy atom. The predicted molar refractivity (Wildman–Crippen MR) is 66.9 cm³/mol. The maximum atomic E-state index is 10.1. The molecule has 100 valence electrons. The third-order valence-electron chi connectivity index (χ3n) is 2.94. The Morgan fingerprint density at radius 1 is 1.39 bits per heavy atom. The molecule has 1 aromatic carbocycles. The van der Waals surface area contributed by atoms with Crippen molar-refractivity contribution in [2.45, 2.75) is 6.10 Å². The smallest absolute Gasteiger partial charge is 0.231 e. The van der Waals surface area contributed by atoms with E-state index in [9.17, 15) is 5.11 Å². The average molecular weight is 253 g/mol. The standard InChI is InChI=1S/C13H19NO4/c1-14(5-6-16-2)8-11(15)10-3-4-12-13(7-10)18-9-17-12/h3-4,7,11,15H,5-6,8-9H2,1-2H3. The zero-order chi connectivity index (χ0) is 13.0. The molecule has 5 nitrogen and oxygen atoms in total. The van der Waals surface area contributed by atoms with E-state index in [1.165, 1.54) is 0 Å². The summed E-state index contributed by atoms with van der Waals surface area (Å²) in [5.41, 5.74) is 0.837. The number of rotatable bonds is 6. The number of methoxy groups -OCH3 is 1. The second kappa shape index (κ2) is 6.04. The zero-order valence-electron chi connectivity index (χ0n) is 10.8. The molecule has 0 saturated carbocycles. The van der Waals surface area contributed by atoms with Crippen LogP contribution in [0, 0.1) is 0 Å². The second-order valence-corrected chi connectivity index (χ2v) is 4.38. The highest BCUT2D eigenvalue weighted by Gasteiger charge is 2.17. The van der Waals surface area contributed by atoms with Gasteiger partial charge in [-0.15, -0.1) is 0 Å². The van der Waals surface area contributed by atoms with E-state index >= 15 is 0 Å². The molecule has 2 rings (SSSR count). The normalized spacial score (nSPS) is 15.1. The van der Waals surface area contributed by atoms with Crippen LogP contribution >= 0.6 is 0 Å². The minimum atomic E-state index is -0.540. The molecule has 0 aromatic heterocycles. The molecule has 1 heterocycles. The van der Waals surface area contributed by atoms with E-state index in [1.54, 1.807) is 7.11 Å². The molecule has 0 radical (unpaired) electrons. The Hall–Kier alpha value is -1.30. The van der Waals surface area contributed by atoms with Gasteiger partial charge in [-0.1, -0.05) is 6.07 Å². The van der Waals surface area contributed by atoms with Gasteiger partial charge in [0.2, 0.25) is 6.79 Å². The zero-order valence-corrected chi connectivity index (χ0v) is 10.8. The molecule has 1 aliphatic heterocycles. The summed E-state index contributed by atoms with van der Waals surface area (Å²) >= 11 is 0. The largest absolute Gasteiger partial charge is 0.454 e. The van der Waals surface area contributed by atoms with Crippen molar-refractivity contribution in [3.8, 4) is 11.5 Å². The van der Waals surface area contributed by atoms with Crippen molar-refractivity contribution in [2.75, 3.05) is 40.6 Å². The first-order valence-electron chi connectivity index (χ1n) is 5.96. The number of nitrogens with zero attached hydrogens (tertiary/aromatic N) is 1. The molecule has 5 heteroatoms. The minimum absolute atomic E-state index is 0.253. The van der Waals surface area contributed by atoms with Crippen LogP contribution in [0.3, 0.4) is 0 Å². The molecule has 18 heavy (non-hydrogen) atoms. The first-order valence-corrected chi connectivity index (χ1v) is 5.96. The number of ether oxygens (including phenoxy) is 3. The highest BCUT2D eigenvalue weighted by atomic mass is 16.7. The number of aliphatic hydroxyl groups excluding tert-OH is 1. The van der Waals surface area contributed by atoms with Crippen molar-refractivity contribution in [3.05, 3.63) is 23.8 Å². The molecule has 0 spiro atoms. The summed E-state index contributed by atoms with van der Waals surface area (Å²) in [5.74, 6) is 1.43. The van der Waals surface area contributed by atoms with Crippen molar-refractivity contribution in [1.29, 1.82) is 0 Å². The SMILES string of the molecule is COCCN(C)CC(O)c1ccc2c(c1)OCO2. The van der Waals surface area contributed by atoms with Gasteiger partial charge in [-0.05, 0) is 24.7 Å². The number of aliphatic hydroxyl groups is 1. The van der Waals surface area contributed by atoms with Crippen molar-refractivity contribution in [1.82, 2.24) is 4.90 Å². The highest BCUT2D eigenvalue weighted by molar-refractivity contribution is 5.45. The van der Waals surface area contributed by atoms with Gasteiger partial charge in [-0.3, -0.25) is 0 Å². The molecule has 1 aliphatic rings. The van der Waals surface area contributed by atoms with Gasteiger partial charge in [0.1, 0.15) is 0 Å². The van der Waals surface area contributed by atoms with Gasteiger partial charge in [-0.2, -0.15) is 0 Å². The highest BCUT2D eigenvalue weighted by Crippen LogP contribution is 2.34. The molecule has 0 aliphatic carbocycles. The topological polar surface area (TPSA) is 51.2 Å². The van der Waals surface area contributed by atoms with E-state index < -0.39 is 6.10 Å². The number of benzene rings is 1. The van der Waals surface area contributed by atoms with Gasteiger partial charge < -0.3 is 24.2 Å². The summed E-state index contributed by atoms with van der Waals surface area (Å²) in [6.07, 6.45) is -0.540. The first-order chi connectivity index (χ1) is 8.70. The summed E-state index contributed by atoms with van der Waals surface area (Å²) in [4.78, 5) is 2.03. The Morgan fingerprint density at radius 3 is 2.94 bits per heavy atom. The summed E-state index contributed by atoms with van der Waals surface area (Å²) in [6, 6.07) is 5.52. The van der Waals surface area contributed by atoms with Crippen molar-refractivity contribution in [3.63, 3.8) is 0 Å². The van der Waals surface area contributed by atoms with E-state index in [1.807, 2.05) is 30.1 Å². The minimum Gasteiger partial charge on any atom is -0.454 e. The van der Waals surface area contributed by atoms with Crippen molar-refractivity contribution < 1.29 is 19.3 Å². The molecule has 1 unspecified atom stereocenters. The maximum absolute atomic E-state index is 10.1. The van der Waals surface area contributed by atoms with Crippen molar-refractivity contribution in [2.24, 2.45) is 0 Å². The van der Waals surface area contributed by atoms with Gasteiger partial charge in [-0.25, -0.2) is 0 Å². The summed E-state index contributed by atoms with van der Waals surface area (Å²) in [6.45, 7) is 2.26. The number of fused-ring (bicyclic) bond motifs is 1. The Labute approximate surface area is 107 Å². The monoisotopic (exact) mass is 253 g/mol. The van der Waals surface area contributed by atoms with E-state index in [2.05, 4.69) is 0 Å². The second-order valence-electron chi connectivity index (χ2n) is 4.38. The van der Waals surface area contributed by atoms with Gasteiger partial charge in [0, 0.05) is 20.2 Å². The van der Waals surface area contributed by atoms with Crippen LogP contribution in [0.2, 0.25) is 0 Å². The van der Waals surface area contributed by atoms with Gasteiger partial charge in [0.15, 0.2) is 11.5 Å². The van der Waals surface area contributed by atoms with Gasteiger partial charge in [0.05, 0.1) is 12.7 Å². The first kappa shape index (κ1) is 13.1. The molecule has 0 bridgehead atoms. The fourth-order valence-corrected chi connectivity index (χ4v) is 1.86. The predicted octanol–water partition coefficient (Wildman–Crippen LogP) is 1.03. The number of likely N-dealkylation sites (N-methyl/N-ethyl adjacent to an activating group) is 1. The van der Waals surface area contributed by atoms with Gasteiger partial charge in [0.25, 0.3) is 0 Å². The van der Waals surface area contributed by atoms with Crippen LogP contribution in [0.25, 0.3) is 0 Å². The van der Waals surface area contributed by atoms with Gasteiger partial charge >= 0.3 is 0 Å². The van der Waals surface area contributed by atoms with E-state index in [0.717, 1.165) is 17.9 Å². The molecule has 1 aromatic rings. The van der Waals surface area contributed by atoms with Crippen LogP contribution in [0.15, 0.2) is 18.2 Å². The van der Waals surface area contributed by atoms with E-state index in [0.29, 0.717) is 18.9 Å². The third kappa shape index (κ3) is 3.13. The summed E-state index contributed by atoms with van der Waals surface area (Å²) in [5, 5.41) is 10.1. The van der Waals surface area contributed by atoms with E-state index in [-0.39, 0.29) is 6.79 Å². The van der Waals surface area contributed by atoms with Crippen LogP contribution in [0.4, 0.5) is 0 Å². The average Bonchev–Trinajstić information content (AvgIpc) is 2.83. The van der Waals surface area contributed by atoms with Crippen LogP contribution in [0.5, 0.6) is 11.5 Å². The molecular weight excluding hydrogens is 234 g/mol.